The lowest BCUT2D eigenvalue weighted by Crippen LogP contribution is -2.13. The van der Waals surface area contributed by atoms with Crippen LogP contribution in [-0.2, 0) is 13.1 Å². The van der Waals surface area contributed by atoms with Crippen LogP contribution < -0.4 is 5.32 Å². The van der Waals surface area contributed by atoms with Crippen molar-refractivity contribution in [1.82, 2.24) is 10.3 Å². The summed E-state index contributed by atoms with van der Waals surface area (Å²) >= 11 is 0. The molecule has 2 rings (SSSR count). The molecule has 1 aromatic heterocycles. The molecule has 1 heterocycles. The number of nitrogens with one attached hydrogen (secondary N) is 1. The predicted molar refractivity (Wildman–Crippen MR) is 65.9 cm³/mol. The maximum atomic E-state index is 8.68. The van der Waals surface area contributed by atoms with Gasteiger partial charge >= 0.3 is 0 Å². The van der Waals surface area contributed by atoms with Crippen molar-refractivity contribution in [1.29, 1.82) is 5.26 Å². The van der Waals surface area contributed by atoms with Gasteiger partial charge in [0.1, 0.15) is 0 Å². The third-order valence-corrected chi connectivity index (χ3v) is 2.44. The smallest absolute Gasteiger partial charge is 0.0991 e. The molecule has 3 heteroatoms. The number of benzene rings is 1. The van der Waals surface area contributed by atoms with Crippen LogP contribution >= 0.6 is 0 Å². The Morgan fingerprint density at radius 1 is 1.06 bits per heavy atom. The fourth-order valence-corrected chi connectivity index (χ4v) is 1.53. The molecule has 2 aromatic rings. The second-order valence-electron chi connectivity index (χ2n) is 3.73. The van der Waals surface area contributed by atoms with Gasteiger partial charge in [-0.2, -0.15) is 5.26 Å². The van der Waals surface area contributed by atoms with Gasteiger partial charge in [0.05, 0.1) is 17.3 Å². The van der Waals surface area contributed by atoms with Gasteiger partial charge in [0.15, 0.2) is 0 Å². The summed E-state index contributed by atoms with van der Waals surface area (Å²) in [5.41, 5.74) is 2.89. The monoisotopic (exact) mass is 223 g/mol. The predicted octanol–water partition coefficient (Wildman–Crippen LogP) is 2.24. The van der Waals surface area contributed by atoms with E-state index in [9.17, 15) is 0 Å². The van der Waals surface area contributed by atoms with Gasteiger partial charge in [-0.15, -0.1) is 0 Å². The zero-order valence-corrected chi connectivity index (χ0v) is 9.43. The summed E-state index contributed by atoms with van der Waals surface area (Å²) in [5, 5.41) is 12.0. The lowest BCUT2D eigenvalue weighted by Gasteiger charge is -2.04. The van der Waals surface area contributed by atoms with E-state index in [0.29, 0.717) is 5.56 Å². The van der Waals surface area contributed by atoms with Gasteiger partial charge in [0.2, 0.25) is 0 Å². The van der Waals surface area contributed by atoms with Gasteiger partial charge in [0, 0.05) is 19.3 Å². The molecule has 0 unspecified atom stereocenters. The molecule has 0 amide bonds. The first-order chi connectivity index (χ1) is 8.38. The number of hydrogen-bond donors (Lipinski definition) is 1. The molecule has 0 spiro atoms. The number of hydrogen-bond acceptors (Lipinski definition) is 3. The van der Waals surface area contributed by atoms with Crippen LogP contribution in [-0.4, -0.2) is 4.98 Å². The summed E-state index contributed by atoms with van der Waals surface area (Å²) in [6, 6.07) is 15.6. The Morgan fingerprint density at radius 2 is 1.88 bits per heavy atom. The minimum atomic E-state index is 0.693. The van der Waals surface area contributed by atoms with Crippen LogP contribution in [0.25, 0.3) is 0 Å². The van der Waals surface area contributed by atoms with E-state index in [-0.39, 0.29) is 0 Å². The average molecular weight is 223 g/mol. The molecule has 0 aliphatic heterocycles. The summed E-state index contributed by atoms with van der Waals surface area (Å²) in [6.07, 6.45) is 1.79. The zero-order valence-electron chi connectivity index (χ0n) is 9.43. The van der Waals surface area contributed by atoms with Crippen LogP contribution in [0.4, 0.5) is 0 Å². The third kappa shape index (κ3) is 3.40. The topological polar surface area (TPSA) is 48.7 Å². The van der Waals surface area contributed by atoms with E-state index in [1.807, 2.05) is 42.5 Å². The molecule has 1 N–H and O–H groups in total. The molecular formula is C14H13N3. The van der Waals surface area contributed by atoms with Gasteiger partial charge in [0.25, 0.3) is 0 Å². The molecule has 0 atom stereocenters. The van der Waals surface area contributed by atoms with E-state index in [2.05, 4.69) is 16.4 Å². The Bertz CT molecular complexity index is 497. The fraction of sp³-hybridized carbons (Fsp3) is 0.143. The summed E-state index contributed by atoms with van der Waals surface area (Å²) in [7, 11) is 0. The van der Waals surface area contributed by atoms with Crippen LogP contribution in [0, 0.1) is 11.3 Å². The highest BCUT2D eigenvalue weighted by atomic mass is 14.9. The largest absolute Gasteiger partial charge is 0.307 e. The number of nitriles is 1. The highest BCUT2D eigenvalue weighted by Crippen LogP contribution is 2.03. The minimum Gasteiger partial charge on any atom is -0.307 e. The summed E-state index contributed by atoms with van der Waals surface area (Å²) in [6.45, 7) is 1.53. The van der Waals surface area contributed by atoms with E-state index in [0.717, 1.165) is 18.8 Å². The molecule has 0 aliphatic rings. The van der Waals surface area contributed by atoms with Crippen LogP contribution in [0.15, 0.2) is 48.7 Å². The third-order valence-electron chi connectivity index (χ3n) is 2.44. The van der Waals surface area contributed by atoms with Crippen molar-refractivity contribution in [3.8, 4) is 6.07 Å². The van der Waals surface area contributed by atoms with Crippen LogP contribution in [0.1, 0.15) is 16.8 Å². The van der Waals surface area contributed by atoms with Gasteiger partial charge in [-0.05, 0) is 29.8 Å². The molecule has 1 aromatic carbocycles. The highest BCUT2D eigenvalue weighted by Gasteiger charge is 1.95. The van der Waals surface area contributed by atoms with Crippen molar-refractivity contribution in [2.45, 2.75) is 13.1 Å². The fourth-order valence-electron chi connectivity index (χ4n) is 1.53. The standard InChI is InChI=1S/C14H13N3/c15-9-12-4-6-13(7-5-12)10-16-11-14-3-1-2-8-17-14/h1-8,16H,10-11H2. The Labute approximate surface area is 101 Å². The van der Waals surface area contributed by atoms with Crippen LogP contribution in [0.2, 0.25) is 0 Å². The number of rotatable bonds is 4. The average Bonchev–Trinajstić information content (AvgIpc) is 2.41. The quantitative estimate of drug-likeness (QED) is 0.864. The highest BCUT2D eigenvalue weighted by molar-refractivity contribution is 5.31. The van der Waals surface area contributed by atoms with Crippen molar-refractivity contribution < 1.29 is 0 Å². The summed E-state index contributed by atoms with van der Waals surface area (Å²) in [5.74, 6) is 0. The van der Waals surface area contributed by atoms with Crippen LogP contribution in [0.3, 0.4) is 0 Å². The van der Waals surface area contributed by atoms with E-state index < -0.39 is 0 Å². The van der Waals surface area contributed by atoms with E-state index in [1.54, 1.807) is 6.20 Å². The van der Waals surface area contributed by atoms with Gasteiger partial charge in [-0.3, -0.25) is 4.98 Å². The molecule has 0 radical (unpaired) electrons. The Morgan fingerprint density at radius 3 is 2.53 bits per heavy atom. The summed E-state index contributed by atoms with van der Waals surface area (Å²) in [4.78, 5) is 4.23. The van der Waals surface area contributed by atoms with Gasteiger partial charge in [-0.25, -0.2) is 0 Å². The maximum Gasteiger partial charge on any atom is 0.0991 e. The Hall–Kier alpha value is -2.18. The van der Waals surface area contributed by atoms with Crippen molar-refractivity contribution in [2.24, 2.45) is 0 Å². The SMILES string of the molecule is N#Cc1ccc(CNCc2ccccn2)cc1. The molecule has 0 saturated heterocycles. The van der Waals surface area contributed by atoms with Crippen molar-refractivity contribution in [3.63, 3.8) is 0 Å². The Balaban J connectivity index is 1.84. The maximum absolute atomic E-state index is 8.68. The van der Waals surface area contributed by atoms with Crippen LogP contribution in [0.5, 0.6) is 0 Å². The minimum absolute atomic E-state index is 0.693. The van der Waals surface area contributed by atoms with E-state index in [4.69, 9.17) is 5.26 Å². The number of pyridine rings is 1. The molecule has 84 valence electrons. The number of nitrogens with zero attached hydrogens (tertiary/aromatic N) is 2. The second kappa shape index (κ2) is 5.78. The molecular weight excluding hydrogens is 210 g/mol. The lowest BCUT2D eigenvalue weighted by atomic mass is 10.1. The zero-order chi connectivity index (χ0) is 11.9. The first kappa shape index (κ1) is 11.3. The molecule has 0 fully saturated rings. The van der Waals surface area contributed by atoms with Crippen molar-refractivity contribution in [2.75, 3.05) is 0 Å². The lowest BCUT2D eigenvalue weighted by molar-refractivity contribution is 0.680. The van der Waals surface area contributed by atoms with Gasteiger partial charge < -0.3 is 5.32 Å². The van der Waals surface area contributed by atoms with E-state index >= 15 is 0 Å². The van der Waals surface area contributed by atoms with Crippen molar-refractivity contribution >= 4 is 0 Å². The number of aromatic nitrogens is 1. The van der Waals surface area contributed by atoms with Crippen molar-refractivity contribution in [3.05, 3.63) is 65.5 Å². The normalized spacial score (nSPS) is 9.82. The van der Waals surface area contributed by atoms with E-state index in [1.165, 1.54) is 5.56 Å². The summed E-state index contributed by atoms with van der Waals surface area (Å²) < 4.78 is 0. The first-order valence-electron chi connectivity index (χ1n) is 5.48. The molecule has 0 bridgehead atoms. The second-order valence-corrected chi connectivity index (χ2v) is 3.73. The first-order valence-corrected chi connectivity index (χ1v) is 5.48. The molecule has 0 saturated carbocycles. The van der Waals surface area contributed by atoms with Gasteiger partial charge in [-0.1, -0.05) is 18.2 Å². The molecule has 3 nitrogen and oxygen atoms in total. The Kier molecular flexibility index (Phi) is 3.85. The molecule has 17 heavy (non-hydrogen) atoms. The molecule has 0 aliphatic carbocycles.